The normalized spacial score (nSPS) is 17.0. The molecule has 0 saturated heterocycles. The molecule has 0 heterocycles. The highest BCUT2D eigenvalue weighted by Crippen LogP contribution is 2.35. The fourth-order valence-electron chi connectivity index (χ4n) is 1.08. The molecule has 0 N–H and O–H groups in total. The second-order valence-electron chi connectivity index (χ2n) is 3.16. The molecule has 0 aromatic heterocycles. The Morgan fingerprint density at radius 2 is 2.33 bits per heavy atom. The molecule has 1 rings (SSSR count). The summed E-state index contributed by atoms with van der Waals surface area (Å²) in [5.41, 5.74) is 1.49. The molecule has 1 saturated carbocycles. The van der Waals surface area contributed by atoms with E-state index in [9.17, 15) is 0 Å². The van der Waals surface area contributed by atoms with Crippen LogP contribution >= 0.6 is 0 Å². The van der Waals surface area contributed by atoms with E-state index in [1.54, 1.807) is 0 Å². The lowest BCUT2D eigenvalue weighted by molar-refractivity contribution is 0.198. The van der Waals surface area contributed by atoms with Gasteiger partial charge >= 0.3 is 0 Å². The maximum Gasteiger partial charge on any atom is 0.108 e. The molecule has 0 radical (unpaired) electrons. The van der Waals surface area contributed by atoms with E-state index in [2.05, 4.69) is 24.8 Å². The summed E-state index contributed by atoms with van der Waals surface area (Å²) in [6.07, 6.45) is 4.92. The van der Waals surface area contributed by atoms with Gasteiger partial charge in [-0.15, -0.1) is 5.92 Å². The molecule has 0 amide bonds. The number of hydrogen-bond acceptors (Lipinski definition) is 1. The first-order valence-corrected chi connectivity index (χ1v) is 4.48. The van der Waals surface area contributed by atoms with Crippen molar-refractivity contribution in [2.45, 2.75) is 26.7 Å². The first-order chi connectivity index (χ1) is 5.84. The third-order valence-electron chi connectivity index (χ3n) is 2.10. The standard InChI is InChI=1S/C11H16O/c1-3-4-8-12-9-7-10(2)11-5-6-11/h7,11H,5-6,8-9H2,1-2H3/b10-7+. The van der Waals surface area contributed by atoms with E-state index >= 15 is 0 Å². The Balaban J connectivity index is 2.05. The molecule has 0 atom stereocenters. The monoisotopic (exact) mass is 164 g/mol. The summed E-state index contributed by atoms with van der Waals surface area (Å²) < 4.78 is 5.27. The predicted octanol–water partition coefficient (Wildman–Crippen LogP) is 2.38. The van der Waals surface area contributed by atoms with Gasteiger partial charge in [-0.1, -0.05) is 17.6 Å². The van der Waals surface area contributed by atoms with E-state index in [1.807, 2.05) is 6.92 Å². The van der Waals surface area contributed by atoms with Crippen molar-refractivity contribution in [2.75, 3.05) is 13.2 Å². The minimum atomic E-state index is 0.560. The van der Waals surface area contributed by atoms with E-state index in [4.69, 9.17) is 4.74 Å². The Bertz CT molecular complexity index is 213. The Kier molecular flexibility index (Phi) is 3.90. The molecule has 12 heavy (non-hydrogen) atoms. The second kappa shape index (κ2) is 5.00. The van der Waals surface area contributed by atoms with E-state index in [0.29, 0.717) is 6.61 Å². The Hall–Kier alpha value is -0.740. The molecule has 1 fully saturated rings. The van der Waals surface area contributed by atoms with E-state index in [-0.39, 0.29) is 0 Å². The van der Waals surface area contributed by atoms with Crippen LogP contribution < -0.4 is 0 Å². The largest absolute Gasteiger partial charge is 0.365 e. The summed E-state index contributed by atoms with van der Waals surface area (Å²) in [6.45, 7) is 5.29. The Morgan fingerprint density at radius 3 is 2.92 bits per heavy atom. The maximum absolute atomic E-state index is 5.27. The van der Waals surface area contributed by atoms with Crippen LogP contribution in [0.15, 0.2) is 11.6 Å². The number of hydrogen-bond donors (Lipinski definition) is 0. The molecule has 0 bridgehead atoms. The average molecular weight is 164 g/mol. The van der Waals surface area contributed by atoms with Crippen molar-refractivity contribution in [3.63, 3.8) is 0 Å². The van der Waals surface area contributed by atoms with Crippen molar-refractivity contribution in [1.82, 2.24) is 0 Å². The second-order valence-corrected chi connectivity index (χ2v) is 3.16. The summed E-state index contributed by atoms with van der Waals surface area (Å²) >= 11 is 0. The lowest BCUT2D eigenvalue weighted by Crippen LogP contribution is -1.92. The lowest BCUT2D eigenvalue weighted by atomic mass is 10.2. The van der Waals surface area contributed by atoms with Crippen LogP contribution in [-0.2, 0) is 4.74 Å². The molecule has 1 nitrogen and oxygen atoms in total. The van der Waals surface area contributed by atoms with Gasteiger partial charge < -0.3 is 4.74 Å². The number of ether oxygens (including phenoxy) is 1. The third kappa shape index (κ3) is 3.59. The summed E-state index contributed by atoms with van der Waals surface area (Å²) in [5.74, 6) is 6.53. The summed E-state index contributed by atoms with van der Waals surface area (Å²) in [4.78, 5) is 0. The fraction of sp³-hybridized carbons (Fsp3) is 0.636. The van der Waals surface area contributed by atoms with Gasteiger partial charge in [-0.2, -0.15) is 0 Å². The first-order valence-electron chi connectivity index (χ1n) is 4.48. The zero-order chi connectivity index (χ0) is 8.81. The molecule has 0 unspecified atom stereocenters. The van der Waals surface area contributed by atoms with Crippen LogP contribution in [0.1, 0.15) is 26.7 Å². The zero-order valence-corrected chi connectivity index (χ0v) is 7.89. The maximum atomic E-state index is 5.27. The Labute approximate surface area is 74.8 Å². The molecule has 0 spiro atoms. The molecule has 66 valence electrons. The van der Waals surface area contributed by atoms with Gasteiger partial charge in [-0.05, 0) is 32.6 Å². The van der Waals surface area contributed by atoms with Gasteiger partial charge in [0.1, 0.15) is 6.61 Å². The van der Waals surface area contributed by atoms with Crippen molar-refractivity contribution < 1.29 is 4.74 Å². The summed E-state index contributed by atoms with van der Waals surface area (Å²) in [5, 5.41) is 0. The van der Waals surface area contributed by atoms with Crippen LogP contribution in [0.5, 0.6) is 0 Å². The van der Waals surface area contributed by atoms with E-state index < -0.39 is 0 Å². The zero-order valence-electron chi connectivity index (χ0n) is 7.89. The lowest BCUT2D eigenvalue weighted by Gasteiger charge is -1.97. The number of allylic oxidation sites excluding steroid dienone is 1. The molecule has 1 heteroatoms. The SMILES string of the molecule is CC#CCOC/C=C(\C)C1CC1. The van der Waals surface area contributed by atoms with Gasteiger partial charge in [-0.25, -0.2) is 0 Å². The van der Waals surface area contributed by atoms with Gasteiger partial charge in [0, 0.05) is 0 Å². The first kappa shape index (κ1) is 9.35. The van der Waals surface area contributed by atoms with Gasteiger partial charge in [0.25, 0.3) is 0 Å². The van der Waals surface area contributed by atoms with Crippen LogP contribution in [-0.4, -0.2) is 13.2 Å². The van der Waals surface area contributed by atoms with Crippen molar-refractivity contribution in [2.24, 2.45) is 5.92 Å². The highest BCUT2D eigenvalue weighted by Gasteiger charge is 2.22. The summed E-state index contributed by atoms with van der Waals surface area (Å²) in [7, 11) is 0. The molecule has 0 aliphatic heterocycles. The van der Waals surface area contributed by atoms with E-state index in [0.717, 1.165) is 12.5 Å². The smallest absolute Gasteiger partial charge is 0.108 e. The van der Waals surface area contributed by atoms with Gasteiger partial charge in [-0.3, -0.25) is 0 Å². The third-order valence-corrected chi connectivity index (χ3v) is 2.10. The fourth-order valence-corrected chi connectivity index (χ4v) is 1.08. The van der Waals surface area contributed by atoms with Crippen LogP contribution in [0.2, 0.25) is 0 Å². The minimum Gasteiger partial charge on any atom is -0.365 e. The Morgan fingerprint density at radius 1 is 1.58 bits per heavy atom. The molecular formula is C11H16O. The van der Waals surface area contributed by atoms with Crippen molar-refractivity contribution in [3.05, 3.63) is 11.6 Å². The topological polar surface area (TPSA) is 9.23 Å². The predicted molar refractivity (Wildman–Crippen MR) is 50.8 cm³/mol. The van der Waals surface area contributed by atoms with Crippen LogP contribution in [0.4, 0.5) is 0 Å². The molecule has 1 aliphatic rings. The van der Waals surface area contributed by atoms with Crippen LogP contribution in [0.3, 0.4) is 0 Å². The quantitative estimate of drug-likeness (QED) is 0.352. The highest BCUT2D eigenvalue weighted by molar-refractivity contribution is 5.09. The summed E-state index contributed by atoms with van der Waals surface area (Å²) in [6, 6.07) is 0. The minimum absolute atomic E-state index is 0.560. The van der Waals surface area contributed by atoms with Gasteiger partial charge in [0.15, 0.2) is 0 Å². The van der Waals surface area contributed by atoms with Crippen molar-refractivity contribution in [3.8, 4) is 11.8 Å². The van der Waals surface area contributed by atoms with Crippen molar-refractivity contribution >= 4 is 0 Å². The number of rotatable bonds is 4. The van der Waals surface area contributed by atoms with E-state index in [1.165, 1.54) is 18.4 Å². The molecular weight excluding hydrogens is 148 g/mol. The van der Waals surface area contributed by atoms with Crippen LogP contribution in [0.25, 0.3) is 0 Å². The van der Waals surface area contributed by atoms with Gasteiger partial charge in [0.2, 0.25) is 0 Å². The molecule has 1 aliphatic carbocycles. The molecule has 0 aromatic carbocycles. The molecule has 0 aromatic rings. The highest BCUT2D eigenvalue weighted by atomic mass is 16.5. The van der Waals surface area contributed by atoms with Gasteiger partial charge in [0.05, 0.1) is 6.61 Å². The van der Waals surface area contributed by atoms with Crippen LogP contribution in [0, 0.1) is 17.8 Å². The van der Waals surface area contributed by atoms with Crippen molar-refractivity contribution in [1.29, 1.82) is 0 Å². The average Bonchev–Trinajstić information content (AvgIpc) is 2.86.